The molecule has 1 rings (SSSR count). The predicted molar refractivity (Wildman–Crippen MR) is 37.4 cm³/mol. The molecule has 0 aliphatic rings. The minimum atomic E-state index is 0.840. The van der Waals surface area contributed by atoms with E-state index in [4.69, 9.17) is 0 Å². The van der Waals surface area contributed by atoms with Crippen molar-refractivity contribution >= 4 is 6.21 Å². The molecule has 0 atom stereocenters. The monoisotopic (exact) mass is 120 g/mol. The van der Waals surface area contributed by atoms with Gasteiger partial charge >= 0.3 is 0 Å². The highest BCUT2D eigenvalue weighted by Gasteiger charge is 1.78. The number of nitrogens with zero attached hydrogens (tertiary/aromatic N) is 1. The molecule has 0 unspecified atom stereocenters. The summed E-state index contributed by atoms with van der Waals surface area (Å²) in [4.78, 5) is 0. The lowest BCUT2D eigenvalue weighted by Crippen LogP contribution is -1.75. The van der Waals surface area contributed by atoms with Gasteiger partial charge in [-0.15, -0.1) is 0 Å². The van der Waals surface area contributed by atoms with Gasteiger partial charge in [0.25, 0.3) is 0 Å². The third kappa shape index (κ3) is 1.57. The summed E-state index contributed by atoms with van der Waals surface area (Å²) in [6.45, 7) is 0. The maximum absolute atomic E-state index is 9.67. The van der Waals surface area contributed by atoms with Gasteiger partial charge in [-0.2, -0.15) is 0 Å². The van der Waals surface area contributed by atoms with Gasteiger partial charge in [-0.3, -0.25) is 0 Å². The molecule has 0 amide bonds. The molecule has 2 heteroatoms. The van der Waals surface area contributed by atoms with Crippen LogP contribution in [0, 0.1) is 5.21 Å². The van der Waals surface area contributed by atoms with E-state index in [9.17, 15) is 5.21 Å². The molecule has 2 nitrogen and oxygen atoms in total. The van der Waals surface area contributed by atoms with E-state index in [2.05, 4.69) is 5.16 Å². The summed E-state index contributed by atoms with van der Waals surface area (Å²) >= 11 is 0. The Morgan fingerprint density at radius 2 is 1.89 bits per heavy atom. The summed E-state index contributed by atoms with van der Waals surface area (Å²) in [5.74, 6) is 0. The first-order valence-electron chi connectivity index (χ1n) is 2.64. The van der Waals surface area contributed by atoms with Gasteiger partial charge in [-0.25, -0.2) is 0 Å². The third-order valence-electron chi connectivity index (χ3n) is 1.00. The van der Waals surface area contributed by atoms with Crippen molar-refractivity contribution < 1.29 is 0 Å². The van der Waals surface area contributed by atoms with Crippen molar-refractivity contribution in [1.82, 2.24) is 0 Å². The van der Waals surface area contributed by atoms with Crippen LogP contribution in [0.25, 0.3) is 0 Å². The quantitative estimate of drug-likeness (QED) is 0.409. The summed E-state index contributed by atoms with van der Waals surface area (Å²) in [5, 5.41) is 12.3. The van der Waals surface area contributed by atoms with Crippen LogP contribution in [0.4, 0.5) is 0 Å². The van der Waals surface area contributed by atoms with Crippen molar-refractivity contribution in [1.29, 1.82) is 0 Å². The van der Waals surface area contributed by atoms with Crippen LogP contribution in [0.5, 0.6) is 0 Å². The van der Waals surface area contributed by atoms with Crippen LogP contribution in [0.1, 0.15) is 5.56 Å². The maximum atomic E-state index is 9.67. The van der Waals surface area contributed by atoms with Crippen LogP contribution >= 0.6 is 0 Å². The largest absolute Gasteiger partial charge is 0.792 e. The van der Waals surface area contributed by atoms with E-state index in [1.807, 2.05) is 30.3 Å². The molecule has 0 aromatic heterocycles. The number of rotatable bonds is 1. The molecule has 0 bridgehead atoms. The van der Waals surface area contributed by atoms with Crippen LogP contribution in [0.2, 0.25) is 0 Å². The van der Waals surface area contributed by atoms with Crippen molar-refractivity contribution in [2.24, 2.45) is 5.16 Å². The molecule has 0 heterocycles. The Balaban J connectivity index is 2.85. The van der Waals surface area contributed by atoms with Gasteiger partial charge in [0.05, 0.1) is 0 Å². The van der Waals surface area contributed by atoms with Crippen molar-refractivity contribution in [2.45, 2.75) is 0 Å². The zero-order chi connectivity index (χ0) is 6.53. The van der Waals surface area contributed by atoms with Gasteiger partial charge in [-0.1, -0.05) is 30.3 Å². The zero-order valence-electron chi connectivity index (χ0n) is 4.82. The Morgan fingerprint density at radius 3 is 2.44 bits per heavy atom. The number of benzene rings is 1. The molecule has 0 aliphatic carbocycles. The highest BCUT2D eigenvalue weighted by molar-refractivity contribution is 5.79. The normalized spacial score (nSPS) is 10.2. The lowest BCUT2D eigenvalue weighted by atomic mass is 10.2. The molecular weight excluding hydrogens is 114 g/mol. The summed E-state index contributed by atoms with van der Waals surface area (Å²) in [6.07, 6.45) is 1.28. The fraction of sp³-hybridized carbons (Fsp3) is 0. The summed E-state index contributed by atoms with van der Waals surface area (Å²) in [7, 11) is 0. The van der Waals surface area contributed by atoms with Crippen LogP contribution in [-0.4, -0.2) is 6.21 Å². The smallest absolute Gasteiger partial charge is 0.0229 e. The maximum Gasteiger partial charge on any atom is 0.0229 e. The first-order chi connectivity index (χ1) is 4.43. The van der Waals surface area contributed by atoms with E-state index in [0.717, 1.165) is 5.56 Å². The molecule has 0 radical (unpaired) electrons. The Hall–Kier alpha value is -1.31. The molecule has 0 aliphatic heterocycles. The van der Waals surface area contributed by atoms with E-state index >= 15 is 0 Å². The molecule has 1 aromatic rings. The molecule has 0 N–H and O–H groups in total. The Morgan fingerprint density at radius 1 is 1.22 bits per heavy atom. The fourth-order valence-electron chi connectivity index (χ4n) is 0.600. The Kier molecular flexibility index (Phi) is 1.85. The molecule has 9 heavy (non-hydrogen) atoms. The highest BCUT2D eigenvalue weighted by atomic mass is 16.4. The van der Waals surface area contributed by atoms with E-state index in [1.54, 1.807) is 0 Å². The molecule has 1 aromatic carbocycles. The highest BCUT2D eigenvalue weighted by Crippen LogP contribution is 1.92. The van der Waals surface area contributed by atoms with Crippen molar-refractivity contribution in [3.05, 3.63) is 41.1 Å². The van der Waals surface area contributed by atoms with Crippen molar-refractivity contribution in [2.75, 3.05) is 0 Å². The van der Waals surface area contributed by atoms with Crippen molar-refractivity contribution in [3.8, 4) is 0 Å². The van der Waals surface area contributed by atoms with Crippen LogP contribution in [0.3, 0.4) is 0 Å². The molecular formula is C7H6NO-. The third-order valence-corrected chi connectivity index (χ3v) is 1.00. The van der Waals surface area contributed by atoms with Crippen LogP contribution in [-0.2, 0) is 0 Å². The molecule has 0 spiro atoms. The van der Waals surface area contributed by atoms with Crippen LogP contribution < -0.4 is 0 Å². The predicted octanol–water partition coefficient (Wildman–Crippen LogP) is 1.60. The molecule has 0 saturated carbocycles. The standard InChI is InChI=1S/C7H7NO/c9-8-6-7-4-2-1-3-5-7/h1-6,9H/p-1/b8-6+. The second-order valence-corrected chi connectivity index (χ2v) is 1.65. The summed E-state index contributed by atoms with van der Waals surface area (Å²) in [5.41, 5.74) is 0.840. The molecule has 0 saturated heterocycles. The topological polar surface area (TPSA) is 35.4 Å². The second kappa shape index (κ2) is 2.87. The van der Waals surface area contributed by atoms with Gasteiger partial charge in [0, 0.05) is 6.21 Å². The molecule has 46 valence electrons. The summed E-state index contributed by atoms with van der Waals surface area (Å²) in [6, 6.07) is 9.25. The number of hydrogen-bond acceptors (Lipinski definition) is 2. The fourth-order valence-corrected chi connectivity index (χ4v) is 0.600. The van der Waals surface area contributed by atoms with Gasteiger partial charge < -0.3 is 10.4 Å². The van der Waals surface area contributed by atoms with E-state index in [1.165, 1.54) is 6.21 Å². The SMILES string of the molecule is [O-]/N=C/c1ccccc1. The number of hydrogen-bond donors (Lipinski definition) is 0. The van der Waals surface area contributed by atoms with E-state index in [0.29, 0.717) is 0 Å². The summed E-state index contributed by atoms with van der Waals surface area (Å²) < 4.78 is 0. The van der Waals surface area contributed by atoms with Crippen molar-refractivity contribution in [3.63, 3.8) is 0 Å². The van der Waals surface area contributed by atoms with Gasteiger partial charge in [0.2, 0.25) is 0 Å². The lowest BCUT2D eigenvalue weighted by molar-refractivity contribution is 1.60. The minimum Gasteiger partial charge on any atom is -0.792 e. The average molecular weight is 120 g/mol. The average Bonchev–Trinajstić information content (AvgIpc) is 1.91. The van der Waals surface area contributed by atoms with Crippen LogP contribution in [0.15, 0.2) is 35.5 Å². The minimum absolute atomic E-state index is 0.840. The van der Waals surface area contributed by atoms with Gasteiger partial charge in [-0.05, 0) is 5.56 Å². The van der Waals surface area contributed by atoms with Gasteiger partial charge in [0.1, 0.15) is 0 Å². The first-order valence-corrected chi connectivity index (χ1v) is 2.64. The Labute approximate surface area is 53.4 Å². The molecule has 0 fully saturated rings. The first kappa shape index (κ1) is 5.82. The zero-order valence-corrected chi connectivity index (χ0v) is 4.82. The lowest BCUT2D eigenvalue weighted by Gasteiger charge is -1.90. The van der Waals surface area contributed by atoms with E-state index < -0.39 is 0 Å². The second-order valence-electron chi connectivity index (χ2n) is 1.65. The Bertz CT molecular complexity index is 193. The van der Waals surface area contributed by atoms with E-state index in [-0.39, 0.29) is 0 Å². The van der Waals surface area contributed by atoms with Gasteiger partial charge in [0.15, 0.2) is 0 Å².